The Balaban J connectivity index is 1.41. The number of fused-ring (bicyclic) bond motifs is 2. The predicted molar refractivity (Wildman–Crippen MR) is 112 cm³/mol. The first-order valence-corrected chi connectivity index (χ1v) is 11.3. The number of carboxylic acid groups (broad SMARTS) is 1. The van der Waals surface area contributed by atoms with Crippen molar-refractivity contribution in [2.75, 3.05) is 18.8 Å². The second-order valence-electron chi connectivity index (χ2n) is 8.29. The number of halogens is 1. The molecule has 3 unspecified atom stereocenters. The summed E-state index contributed by atoms with van der Waals surface area (Å²) in [7, 11) is 0. The number of ketones is 1. The van der Waals surface area contributed by atoms with Crippen LogP contribution in [0.15, 0.2) is 47.0 Å². The van der Waals surface area contributed by atoms with Crippen molar-refractivity contribution in [1.29, 1.82) is 0 Å². The van der Waals surface area contributed by atoms with Crippen LogP contribution in [0.5, 0.6) is 0 Å². The number of benzene rings is 1. The minimum absolute atomic E-state index is 0.0546. The zero-order chi connectivity index (χ0) is 20.4. The molecule has 3 aliphatic rings. The number of carbonyl (C=O) groups excluding carboxylic acids is 1. The van der Waals surface area contributed by atoms with Crippen LogP contribution in [0.4, 0.5) is 4.39 Å². The van der Waals surface area contributed by atoms with Gasteiger partial charge in [-0.25, -0.2) is 9.18 Å². The van der Waals surface area contributed by atoms with E-state index < -0.39 is 5.97 Å². The lowest BCUT2D eigenvalue weighted by molar-refractivity contribution is -0.132. The van der Waals surface area contributed by atoms with E-state index in [1.807, 2.05) is 6.08 Å². The Morgan fingerprint density at radius 3 is 2.62 bits per heavy atom. The maximum atomic E-state index is 13.0. The van der Waals surface area contributed by atoms with Gasteiger partial charge in [-0.15, -0.1) is 11.8 Å². The number of carboxylic acids is 1. The highest BCUT2D eigenvalue weighted by Crippen LogP contribution is 2.49. The number of Topliss-reactive ketones (excluding diaryl/α,β-unsaturated/α-hetero) is 1. The van der Waals surface area contributed by atoms with Crippen LogP contribution in [-0.4, -0.2) is 40.6 Å². The van der Waals surface area contributed by atoms with Crippen molar-refractivity contribution in [3.63, 3.8) is 0 Å². The van der Waals surface area contributed by atoms with Crippen LogP contribution in [0.3, 0.4) is 0 Å². The molecule has 1 aliphatic heterocycles. The number of thioether (sulfide) groups is 1. The zero-order valence-corrected chi connectivity index (χ0v) is 17.2. The molecule has 1 N–H and O–H groups in total. The fourth-order valence-corrected chi connectivity index (χ4v) is 6.14. The van der Waals surface area contributed by atoms with Gasteiger partial charge in [-0.3, -0.25) is 4.79 Å². The summed E-state index contributed by atoms with van der Waals surface area (Å²) in [5, 5.41) is 10.4. The Bertz CT molecular complexity index is 848. The van der Waals surface area contributed by atoms with Crippen molar-refractivity contribution in [3.05, 3.63) is 58.4 Å². The summed E-state index contributed by atoms with van der Waals surface area (Å²) < 4.78 is 13.0. The van der Waals surface area contributed by atoms with E-state index >= 15 is 0 Å². The Morgan fingerprint density at radius 2 is 1.97 bits per heavy atom. The van der Waals surface area contributed by atoms with Gasteiger partial charge in [0.05, 0.1) is 10.6 Å². The summed E-state index contributed by atoms with van der Waals surface area (Å²) in [4.78, 5) is 26.3. The molecule has 0 saturated heterocycles. The molecule has 0 aromatic heterocycles. The van der Waals surface area contributed by atoms with Gasteiger partial charge in [-0.05, 0) is 67.4 Å². The molecule has 2 saturated carbocycles. The van der Waals surface area contributed by atoms with Gasteiger partial charge in [-0.2, -0.15) is 0 Å². The fourth-order valence-electron chi connectivity index (χ4n) is 5.02. The van der Waals surface area contributed by atoms with Crippen LogP contribution in [0.1, 0.15) is 42.5 Å². The maximum absolute atomic E-state index is 13.0. The highest BCUT2D eigenvalue weighted by molar-refractivity contribution is 8.03. The monoisotopic (exact) mass is 415 g/mol. The van der Waals surface area contributed by atoms with Crippen LogP contribution in [0.25, 0.3) is 0 Å². The van der Waals surface area contributed by atoms with E-state index in [4.69, 9.17) is 0 Å². The molecule has 154 valence electrons. The molecule has 2 aliphatic carbocycles. The van der Waals surface area contributed by atoms with Crippen molar-refractivity contribution in [1.82, 2.24) is 4.90 Å². The second-order valence-corrected chi connectivity index (χ2v) is 9.38. The summed E-state index contributed by atoms with van der Waals surface area (Å²) in [6, 6.07) is 5.56. The molecule has 6 heteroatoms. The number of hydrogen-bond acceptors (Lipinski definition) is 4. The smallest absolute Gasteiger partial charge is 0.338 e. The lowest BCUT2D eigenvalue weighted by Crippen LogP contribution is -2.33. The number of carbonyl (C=O) groups is 2. The molecular weight excluding hydrogens is 389 g/mol. The van der Waals surface area contributed by atoms with Gasteiger partial charge >= 0.3 is 5.97 Å². The summed E-state index contributed by atoms with van der Waals surface area (Å²) in [5.41, 5.74) is 0.806. The molecule has 3 atom stereocenters. The van der Waals surface area contributed by atoms with Crippen molar-refractivity contribution in [3.8, 4) is 0 Å². The first kappa shape index (κ1) is 20.2. The van der Waals surface area contributed by atoms with Gasteiger partial charge in [-0.1, -0.05) is 12.5 Å². The summed E-state index contributed by atoms with van der Waals surface area (Å²) in [6.45, 7) is 1.62. The standard InChI is InChI=1S/C23H26FNO3S/c24-19-7-5-16(6-8-19)21(26)9-11-29-22-20(23(27)28)2-1-10-25(22)14-18-13-15-3-4-17(18)12-15/h1-2,5-8,15,17-18H,3-4,9-14H2,(H,27,28). The largest absolute Gasteiger partial charge is 0.478 e. The van der Waals surface area contributed by atoms with Crippen LogP contribution >= 0.6 is 11.8 Å². The van der Waals surface area contributed by atoms with Crippen molar-refractivity contribution in [2.45, 2.75) is 32.1 Å². The molecule has 0 spiro atoms. The molecule has 1 aromatic carbocycles. The lowest BCUT2D eigenvalue weighted by atomic mass is 9.88. The van der Waals surface area contributed by atoms with E-state index in [0.717, 1.165) is 30.0 Å². The molecule has 0 amide bonds. The van der Waals surface area contributed by atoms with Crippen LogP contribution < -0.4 is 0 Å². The lowest BCUT2D eigenvalue weighted by Gasteiger charge is -2.34. The molecule has 2 bridgehead atoms. The minimum atomic E-state index is -0.925. The number of nitrogens with zero attached hydrogens (tertiary/aromatic N) is 1. The fraction of sp³-hybridized carbons (Fsp3) is 0.478. The van der Waals surface area contributed by atoms with Gasteiger partial charge in [0, 0.05) is 30.8 Å². The van der Waals surface area contributed by atoms with Gasteiger partial charge < -0.3 is 10.0 Å². The first-order chi connectivity index (χ1) is 14.0. The molecule has 29 heavy (non-hydrogen) atoms. The van der Waals surface area contributed by atoms with E-state index in [9.17, 15) is 19.1 Å². The molecule has 1 aromatic rings. The topological polar surface area (TPSA) is 57.6 Å². The predicted octanol–water partition coefficient (Wildman–Crippen LogP) is 4.74. The Kier molecular flexibility index (Phi) is 6.09. The zero-order valence-electron chi connectivity index (χ0n) is 16.4. The van der Waals surface area contributed by atoms with Crippen LogP contribution in [-0.2, 0) is 4.79 Å². The highest BCUT2D eigenvalue weighted by Gasteiger charge is 2.40. The summed E-state index contributed by atoms with van der Waals surface area (Å²) in [5.74, 6) is 1.45. The van der Waals surface area contributed by atoms with E-state index in [2.05, 4.69) is 4.90 Å². The van der Waals surface area contributed by atoms with Crippen LogP contribution in [0, 0.1) is 23.6 Å². The third kappa shape index (κ3) is 4.58. The summed E-state index contributed by atoms with van der Waals surface area (Å²) in [6.07, 6.45) is 9.15. The Morgan fingerprint density at radius 1 is 1.17 bits per heavy atom. The minimum Gasteiger partial charge on any atom is -0.478 e. The number of rotatable bonds is 8. The Hall–Kier alpha value is -2.08. The van der Waals surface area contributed by atoms with E-state index in [-0.39, 0.29) is 11.6 Å². The van der Waals surface area contributed by atoms with Gasteiger partial charge in [0.2, 0.25) is 0 Å². The maximum Gasteiger partial charge on any atom is 0.338 e. The molecule has 4 nitrogen and oxygen atoms in total. The third-order valence-electron chi connectivity index (χ3n) is 6.43. The first-order valence-electron chi connectivity index (χ1n) is 10.3. The van der Waals surface area contributed by atoms with Crippen molar-refractivity contribution < 1.29 is 19.1 Å². The molecule has 2 fully saturated rings. The van der Waals surface area contributed by atoms with E-state index in [0.29, 0.717) is 29.2 Å². The van der Waals surface area contributed by atoms with Crippen molar-refractivity contribution >= 4 is 23.5 Å². The molecule has 0 radical (unpaired) electrons. The van der Waals surface area contributed by atoms with E-state index in [1.54, 1.807) is 6.08 Å². The van der Waals surface area contributed by atoms with Crippen LogP contribution in [0.2, 0.25) is 0 Å². The number of aliphatic carboxylic acids is 1. The average molecular weight is 416 g/mol. The van der Waals surface area contributed by atoms with E-state index in [1.165, 1.54) is 61.7 Å². The normalized spacial score (nSPS) is 25.7. The van der Waals surface area contributed by atoms with Gasteiger partial charge in [0.1, 0.15) is 5.82 Å². The highest BCUT2D eigenvalue weighted by atomic mass is 32.2. The van der Waals surface area contributed by atoms with Gasteiger partial charge in [0.25, 0.3) is 0 Å². The Labute approximate surface area is 174 Å². The molecule has 4 rings (SSSR count). The number of hydrogen-bond donors (Lipinski definition) is 1. The third-order valence-corrected chi connectivity index (χ3v) is 7.59. The quantitative estimate of drug-likeness (QED) is 0.622. The SMILES string of the molecule is O=C(O)C1=C(SCCC(=O)c2ccc(F)cc2)N(CC2CC3CCC2C3)CC=C1. The average Bonchev–Trinajstić information content (AvgIpc) is 3.32. The second kappa shape index (κ2) is 8.74. The summed E-state index contributed by atoms with van der Waals surface area (Å²) >= 11 is 1.45. The van der Waals surface area contributed by atoms with Crippen molar-refractivity contribution in [2.24, 2.45) is 17.8 Å². The molecular formula is C23H26FNO3S. The van der Waals surface area contributed by atoms with Gasteiger partial charge in [0.15, 0.2) is 5.78 Å². The molecule has 1 heterocycles.